The fourth-order valence-corrected chi connectivity index (χ4v) is 7.33. The first-order chi connectivity index (χ1) is 22.6. The van der Waals surface area contributed by atoms with Crippen LogP contribution in [0.25, 0.3) is 72.5 Å². The Balaban J connectivity index is 1.22. The van der Waals surface area contributed by atoms with Crippen molar-refractivity contribution in [1.82, 2.24) is 14.5 Å². The minimum atomic E-state index is -0.0866. The Morgan fingerprint density at radius 3 is 1.78 bits per heavy atom. The molecule has 0 radical (unpaired) electrons. The highest BCUT2D eigenvalue weighted by Gasteiger charge is 2.35. The number of hydrogen-bond acceptors (Lipinski definition) is 2. The molecular formula is C43H31N3. The molecule has 0 aliphatic heterocycles. The number of nitrogens with zero attached hydrogens (tertiary/aromatic N) is 3. The summed E-state index contributed by atoms with van der Waals surface area (Å²) in [4.78, 5) is 10.3. The molecular weight excluding hydrogens is 558 g/mol. The van der Waals surface area contributed by atoms with Gasteiger partial charge in [0.15, 0.2) is 5.82 Å². The van der Waals surface area contributed by atoms with Crippen molar-refractivity contribution >= 4 is 21.8 Å². The zero-order valence-corrected chi connectivity index (χ0v) is 25.8. The number of aromatic nitrogens is 3. The molecule has 0 amide bonds. The molecule has 0 atom stereocenters. The number of rotatable bonds is 4. The highest BCUT2D eigenvalue weighted by molar-refractivity contribution is 6.09. The van der Waals surface area contributed by atoms with Crippen LogP contribution in [0.1, 0.15) is 25.0 Å². The van der Waals surface area contributed by atoms with Crippen LogP contribution in [0, 0.1) is 0 Å². The lowest BCUT2D eigenvalue weighted by Gasteiger charge is -2.22. The Morgan fingerprint density at radius 1 is 0.457 bits per heavy atom. The molecule has 0 spiro atoms. The van der Waals surface area contributed by atoms with Gasteiger partial charge < -0.3 is 4.57 Å². The normalized spacial score (nSPS) is 13.2. The molecule has 3 heteroatoms. The van der Waals surface area contributed by atoms with Gasteiger partial charge in [-0.3, -0.25) is 0 Å². The van der Waals surface area contributed by atoms with Crippen LogP contribution in [0.4, 0.5) is 0 Å². The average Bonchev–Trinajstić information content (AvgIpc) is 3.57. The number of para-hydroxylation sites is 2. The lowest BCUT2D eigenvalue weighted by Crippen LogP contribution is -2.14. The second-order valence-electron chi connectivity index (χ2n) is 12.7. The van der Waals surface area contributed by atoms with Crippen molar-refractivity contribution in [3.63, 3.8) is 0 Å². The van der Waals surface area contributed by atoms with E-state index in [1.807, 2.05) is 18.2 Å². The first kappa shape index (κ1) is 26.6. The fraction of sp³-hybridized carbons (Fsp3) is 0.0698. The van der Waals surface area contributed by atoms with E-state index in [2.05, 4.69) is 152 Å². The summed E-state index contributed by atoms with van der Waals surface area (Å²) >= 11 is 0. The van der Waals surface area contributed by atoms with Gasteiger partial charge in [0.2, 0.25) is 0 Å². The Kier molecular flexibility index (Phi) is 5.85. The van der Waals surface area contributed by atoms with Crippen LogP contribution >= 0.6 is 0 Å². The molecule has 0 saturated heterocycles. The summed E-state index contributed by atoms with van der Waals surface area (Å²) in [5.74, 6) is 0.721. The Labute approximate surface area is 268 Å². The highest BCUT2D eigenvalue weighted by Crippen LogP contribution is 2.49. The summed E-state index contributed by atoms with van der Waals surface area (Å²) in [6, 6.07) is 54.0. The summed E-state index contributed by atoms with van der Waals surface area (Å²) in [5.41, 5.74) is 13.7. The van der Waals surface area contributed by atoms with Gasteiger partial charge in [-0.15, -0.1) is 0 Å². The zero-order chi connectivity index (χ0) is 30.8. The average molecular weight is 590 g/mol. The van der Waals surface area contributed by atoms with Gasteiger partial charge in [-0.1, -0.05) is 129 Å². The van der Waals surface area contributed by atoms with E-state index in [-0.39, 0.29) is 5.41 Å². The molecule has 2 aromatic heterocycles. The molecule has 1 aliphatic rings. The first-order valence-corrected chi connectivity index (χ1v) is 15.8. The molecule has 0 bridgehead atoms. The van der Waals surface area contributed by atoms with Crippen molar-refractivity contribution in [2.75, 3.05) is 0 Å². The monoisotopic (exact) mass is 589 g/mol. The van der Waals surface area contributed by atoms with Crippen molar-refractivity contribution in [3.05, 3.63) is 163 Å². The second-order valence-corrected chi connectivity index (χ2v) is 12.7. The van der Waals surface area contributed by atoms with Gasteiger partial charge in [0, 0.05) is 38.6 Å². The summed E-state index contributed by atoms with van der Waals surface area (Å²) in [6.07, 6.45) is 0. The smallest absolute Gasteiger partial charge is 0.160 e. The minimum absolute atomic E-state index is 0.0866. The van der Waals surface area contributed by atoms with Crippen molar-refractivity contribution in [2.45, 2.75) is 19.3 Å². The molecule has 218 valence electrons. The lowest BCUT2D eigenvalue weighted by molar-refractivity contribution is 0.660. The predicted octanol–water partition coefficient (Wildman–Crippen LogP) is 10.9. The Hall–Kier alpha value is -5.80. The molecule has 0 saturated carbocycles. The molecule has 0 unspecified atom stereocenters. The Morgan fingerprint density at radius 2 is 1.04 bits per heavy atom. The van der Waals surface area contributed by atoms with Gasteiger partial charge >= 0.3 is 0 Å². The zero-order valence-electron chi connectivity index (χ0n) is 25.8. The summed E-state index contributed by atoms with van der Waals surface area (Å²) in [5, 5.41) is 2.50. The van der Waals surface area contributed by atoms with Crippen LogP contribution in [-0.2, 0) is 5.41 Å². The number of benzene rings is 6. The molecule has 3 nitrogen and oxygen atoms in total. The van der Waals surface area contributed by atoms with Gasteiger partial charge in [0.1, 0.15) is 0 Å². The third-order valence-corrected chi connectivity index (χ3v) is 9.62. The lowest BCUT2D eigenvalue weighted by atomic mass is 9.82. The van der Waals surface area contributed by atoms with Crippen LogP contribution in [0.5, 0.6) is 0 Å². The van der Waals surface area contributed by atoms with Crippen molar-refractivity contribution in [1.29, 1.82) is 0 Å². The molecule has 9 rings (SSSR count). The van der Waals surface area contributed by atoms with E-state index < -0.39 is 0 Å². The molecule has 0 fully saturated rings. The van der Waals surface area contributed by atoms with E-state index in [0.29, 0.717) is 0 Å². The molecule has 1 aliphatic carbocycles. The van der Waals surface area contributed by atoms with Crippen LogP contribution in [0.3, 0.4) is 0 Å². The summed E-state index contributed by atoms with van der Waals surface area (Å²) in [6.45, 7) is 4.64. The first-order valence-electron chi connectivity index (χ1n) is 15.8. The quantitative estimate of drug-likeness (QED) is 0.204. The van der Waals surface area contributed by atoms with Gasteiger partial charge in [0.05, 0.1) is 22.4 Å². The largest absolute Gasteiger partial charge is 0.309 e. The van der Waals surface area contributed by atoms with Crippen LogP contribution in [-0.4, -0.2) is 14.5 Å². The van der Waals surface area contributed by atoms with Crippen molar-refractivity contribution in [3.8, 4) is 50.7 Å². The number of fused-ring (bicyclic) bond motifs is 6. The van der Waals surface area contributed by atoms with E-state index >= 15 is 0 Å². The summed E-state index contributed by atoms with van der Waals surface area (Å²) < 4.78 is 2.36. The maximum atomic E-state index is 5.16. The SMILES string of the molecule is CC1(C)c2ccccc2-c2ccc(-c3cc(-c4cccc(-n5c6ccccc6c6ccccc65)c4)nc(-c4ccccc4)n3)cc21. The van der Waals surface area contributed by atoms with E-state index in [0.717, 1.165) is 39.6 Å². The van der Waals surface area contributed by atoms with Gasteiger partial charge in [-0.2, -0.15) is 0 Å². The van der Waals surface area contributed by atoms with Gasteiger partial charge in [-0.05, 0) is 58.7 Å². The predicted molar refractivity (Wildman–Crippen MR) is 190 cm³/mol. The van der Waals surface area contributed by atoms with Gasteiger partial charge in [-0.25, -0.2) is 9.97 Å². The van der Waals surface area contributed by atoms with E-state index in [9.17, 15) is 0 Å². The topological polar surface area (TPSA) is 30.7 Å². The van der Waals surface area contributed by atoms with E-state index in [1.165, 1.54) is 44.1 Å². The number of hydrogen-bond donors (Lipinski definition) is 0. The third-order valence-electron chi connectivity index (χ3n) is 9.62. The van der Waals surface area contributed by atoms with E-state index in [1.54, 1.807) is 0 Å². The second kappa shape index (κ2) is 10.1. The maximum absolute atomic E-state index is 5.16. The van der Waals surface area contributed by atoms with E-state index in [4.69, 9.17) is 9.97 Å². The molecule has 2 heterocycles. The fourth-order valence-electron chi connectivity index (χ4n) is 7.33. The van der Waals surface area contributed by atoms with Crippen molar-refractivity contribution < 1.29 is 0 Å². The van der Waals surface area contributed by atoms with Gasteiger partial charge in [0.25, 0.3) is 0 Å². The molecule has 0 N–H and O–H groups in total. The standard InChI is InChI=1S/C43H31N3/c1-43(2)36-20-9-6-17-32(36)33-24-23-30(26-37(33)43)39-27-38(44-42(45-39)28-13-4-3-5-14-28)29-15-12-16-31(25-29)46-40-21-10-7-18-34(40)35-19-8-11-22-41(35)46/h3-27H,1-2H3. The highest BCUT2D eigenvalue weighted by atomic mass is 15.0. The van der Waals surface area contributed by atoms with Crippen LogP contribution in [0.15, 0.2) is 152 Å². The molecule has 8 aromatic rings. The van der Waals surface area contributed by atoms with Crippen LogP contribution in [0.2, 0.25) is 0 Å². The third kappa shape index (κ3) is 4.05. The minimum Gasteiger partial charge on any atom is -0.309 e. The molecule has 6 aromatic carbocycles. The van der Waals surface area contributed by atoms with Crippen LogP contribution < -0.4 is 0 Å². The van der Waals surface area contributed by atoms with Crippen molar-refractivity contribution in [2.24, 2.45) is 0 Å². The summed E-state index contributed by atoms with van der Waals surface area (Å²) in [7, 11) is 0. The Bertz CT molecular complexity index is 2400. The maximum Gasteiger partial charge on any atom is 0.160 e. The molecule has 46 heavy (non-hydrogen) atoms.